The molecule has 0 bridgehead atoms. The lowest BCUT2D eigenvalue weighted by molar-refractivity contribution is -0.138. The number of aliphatic carboxylic acids is 1. The zero-order valence-electron chi connectivity index (χ0n) is 15.1. The number of carbonyl (C=O) groups is 2. The van der Waals surface area contributed by atoms with Crippen molar-refractivity contribution in [2.24, 2.45) is 0 Å². The molecule has 1 aromatic heterocycles. The van der Waals surface area contributed by atoms with Gasteiger partial charge in [0, 0.05) is 6.54 Å². The molecule has 2 aromatic rings. The fourth-order valence-electron chi connectivity index (χ4n) is 2.14. The number of thiazole rings is 1. The van der Waals surface area contributed by atoms with E-state index < -0.39 is 35.5 Å². The first-order valence-corrected chi connectivity index (χ1v) is 9.88. The van der Waals surface area contributed by atoms with E-state index in [9.17, 15) is 18.4 Å². The summed E-state index contributed by atoms with van der Waals surface area (Å²) < 4.78 is 28.5. The van der Waals surface area contributed by atoms with Crippen LogP contribution in [0.4, 0.5) is 9.93 Å². The van der Waals surface area contributed by atoms with Crippen molar-refractivity contribution in [3.05, 3.63) is 24.3 Å². The van der Waals surface area contributed by atoms with Gasteiger partial charge in [0.05, 0.1) is 16.8 Å². The van der Waals surface area contributed by atoms with Gasteiger partial charge in [-0.25, -0.2) is 18.3 Å². The second-order valence-corrected chi connectivity index (χ2v) is 8.50. The highest BCUT2D eigenvalue weighted by Crippen LogP contribution is 2.29. The number of hydrogen-bond donors (Lipinski definition) is 2. The summed E-state index contributed by atoms with van der Waals surface area (Å²) in [6.45, 7) is 4.21. The van der Waals surface area contributed by atoms with Crippen molar-refractivity contribution in [1.29, 1.82) is 0 Å². The third-order valence-electron chi connectivity index (χ3n) is 3.24. The van der Waals surface area contributed by atoms with Crippen LogP contribution in [0.2, 0.25) is 0 Å². The number of para-hydroxylation sites is 1. The maximum absolute atomic E-state index is 12.2. The van der Waals surface area contributed by atoms with Gasteiger partial charge in [-0.2, -0.15) is 0 Å². The average Bonchev–Trinajstić information content (AvgIpc) is 2.95. The predicted molar refractivity (Wildman–Crippen MR) is 103 cm³/mol. The number of hydrogen-bond acceptors (Lipinski definition) is 6. The molecule has 11 heteroatoms. The van der Waals surface area contributed by atoms with Crippen molar-refractivity contribution in [3.8, 4) is 0 Å². The molecular weight excluding hydrogens is 394 g/mol. The van der Waals surface area contributed by atoms with E-state index in [1.807, 2.05) is 18.2 Å². The highest BCUT2D eigenvalue weighted by molar-refractivity contribution is 7.81. The molecule has 2 rings (SSSR count). The molecule has 2 N–H and O–H groups in total. The standard InChI is InChI=1S/C16H21N3O6S2/c1-16(2,3)25-15(22)18(10-13(20)21)8-9-19(27(23)24)14-17-11-6-4-5-7-12(11)26-14/h4-7H,8-10H2,1-3H3,(H,20,21)(H,23,24). The van der Waals surface area contributed by atoms with Gasteiger partial charge < -0.3 is 9.84 Å². The Bertz CT molecular complexity index is 815. The Morgan fingerprint density at radius 1 is 1.26 bits per heavy atom. The summed E-state index contributed by atoms with van der Waals surface area (Å²) in [4.78, 5) is 28.6. The van der Waals surface area contributed by atoms with E-state index in [1.165, 1.54) is 11.3 Å². The second-order valence-electron chi connectivity index (χ2n) is 6.59. The van der Waals surface area contributed by atoms with Crippen molar-refractivity contribution >= 4 is 50.0 Å². The number of carboxylic acid groups (broad SMARTS) is 1. The van der Waals surface area contributed by atoms with Gasteiger partial charge in [0.15, 0.2) is 5.13 Å². The molecule has 0 aliphatic heterocycles. The number of anilines is 1. The molecular formula is C16H21N3O6S2. The van der Waals surface area contributed by atoms with Gasteiger partial charge in [0.1, 0.15) is 12.1 Å². The molecule has 9 nitrogen and oxygen atoms in total. The summed E-state index contributed by atoms with van der Waals surface area (Å²) in [5.74, 6) is -1.21. The Balaban J connectivity index is 2.16. The smallest absolute Gasteiger partial charge is 0.410 e. The highest BCUT2D eigenvalue weighted by Gasteiger charge is 2.26. The van der Waals surface area contributed by atoms with Crippen LogP contribution in [-0.4, -0.2) is 61.0 Å². The minimum Gasteiger partial charge on any atom is -0.480 e. The number of carboxylic acids is 1. The van der Waals surface area contributed by atoms with Gasteiger partial charge in [-0.1, -0.05) is 23.5 Å². The molecule has 148 valence electrons. The first-order valence-electron chi connectivity index (χ1n) is 8.00. The third kappa shape index (κ3) is 6.15. The fraction of sp³-hybridized carbons (Fsp3) is 0.438. The van der Waals surface area contributed by atoms with Crippen LogP contribution in [0, 0.1) is 0 Å². The first kappa shape index (κ1) is 21.1. The van der Waals surface area contributed by atoms with Crippen LogP contribution in [0.1, 0.15) is 20.8 Å². The van der Waals surface area contributed by atoms with Gasteiger partial charge >= 0.3 is 12.1 Å². The SMILES string of the molecule is CC(C)(C)OC(=O)N(CCN(c1nc2ccccc2s1)S(=O)O)CC(=O)O. The van der Waals surface area contributed by atoms with Gasteiger partial charge in [-0.3, -0.25) is 14.2 Å². The lowest BCUT2D eigenvalue weighted by Crippen LogP contribution is -2.44. The van der Waals surface area contributed by atoms with Crippen LogP contribution < -0.4 is 4.31 Å². The van der Waals surface area contributed by atoms with E-state index in [0.29, 0.717) is 10.6 Å². The number of nitrogens with zero attached hydrogens (tertiary/aromatic N) is 3. The van der Waals surface area contributed by atoms with Crippen LogP contribution >= 0.6 is 11.3 Å². The van der Waals surface area contributed by atoms with Crippen molar-refractivity contribution in [2.75, 3.05) is 23.9 Å². The Morgan fingerprint density at radius 3 is 2.48 bits per heavy atom. The van der Waals surface area contributed by atoms with Crippen molar-refractivity contribution in [2.45, 2.75) is 26.4 Å². The molecule has 0 saturated heterocycles. The number of fused-ring (bicyclic) bond motifs is 1. The fourth-order valence-corrected chi connectivity index (χ4v) is 3.76. The molecule has 1 heterocycles. The summed E-state index contributed by atoms with van der Waals surface area (Å²) in [5.41, 5.74) is -0.108. The Hall–Kier alpha value is -2.24. The Labute approximate surface area is 163 Å². The zero-order valence-corrected chi connectivity index (χ0v) is 16.7. The van der Waals surface area contributed by atoms with E-state index in [-0.39, 0.29) is 13.1 Å². The minimum absolute atomic E-state index is 0.0878. The van der Waals surface area contributed by atoms with Gasteiger partial charge in [0.25, 0.3) is 11.3 Å². The van der Waals surface area contributed by atoms with Crippen LogP contribution in [0.25, 0.3) is 10.2 Å². The molecule has 1 amide bonds. The number of amides is 1. The number of rotatable bonds is 7. The Kier molecular flexibility index (Phi) is 6.73. The Morgan fingerprint density at radius 2 is 1.93 bits per heavy atom. The van der Waals surface area contributed by atoms with Crippen LogP contribution in [0.3, 0.4) is 0 Å². The zero-order chi connectivity index (χ0) is 20.2. The van der Waals surface area contributed by atoms with Crippen molar-refractivity contribution in [3.63, 3.8) is 0 Å². The largest absolute Gasteiger partial charge is 0.480 e. The normalized spacial score (nSPS) is 12.6. The van der Waals surface area contributed by atoms with Crippen LogP contribution in [-0.2, 0) is 20.8 Å². The summed E-state index contributed by atoms with van der Waals surface area (Å²) in [6.07, 6.45) is -0.808. The maximum Gasteiger partial charge on any atom is 0.410 e. The number of ether oxygens (including phenoxy) is 1. The van der Waals surface area contributed by atoms with Crippen molar-refractivity contribution < 1.29 is 28.2 Å². The van der Waals surface area contributed by atoms with Gasteiger partial charge in [-0.05, 0) is 32.9 Å². The van der Waals surface area contributed by atoms with Crippen molar-refractivity contribution in [1.82, 2.24) is 9.88 Å². The molecule has 27 heavy (non-hydrogen) atoms. The molecule has 1 aromatic carbocycles. The van der Waals surface area contributed by atoms with Gasteiger partial charge in [0.2, 0.25) is 0 Å². The number of aromatic nitrogens is 1. The lowest BCUT2D eigenvalue weighted by Gasteiger charge is -2.27. The summed E-state index contributed by atoms with van der Waals surface area (Å²) >= 11 is -1.16. The number of carbonyl (C=O) groups excluding carboxylic acids is 1. The molecule has 0 saturated carbocycles. The predicted octanol–water partition coefficient (Wildman–Crippen LogP) is 2.56. The average molecular weight is 415 g/mol. The second kappa shape index (κ2) is 8.63. The van der Waals surface area contributed by atoms with Gasteiger partial charge in [-0.15, -0.1) is 0 Å². The molecule has 0 aliphatic rings. The minimum atomic E-state index is -2.39. The summed E-state index contributed by atoms with van der Waals surface area (Å²) in [6, 6.07) is 7.27. The molecule has 0 fully saturated rings. The third-order valence-corrected chi connectivity index (χ3v) is 5.14. The van der Waals surface area contributed by atoms with E-state index in [2.05, 4.69) is 4.98 Å². The van der Waals surface area contributed by atoms with E-state index in [1.54, 1.807) is 26.8 Å². The molecule has 0 spiro atoms. The van der Waals surface area contributed by atoms with E-state index >= 15 is 0 Å². The van der Waals surface area contributed by atoms with E-state index in [0.717, 1.165) is 13.9 Å². The quantitative estimate of drug-likeness (QED) is 0.667. The summed E-state index contributed by atoms with van der Waals surface area (Å²) in [7, 11) is 0. The summed E-state index contributed by atoms with van der Waals surface area (Å²) in [5, 5.41) is 9.34. The lowest BCUT2D eigenvalue weighted by atomic mass is 10.2. The molecule has 0 radical (unpaired) electrons. The molecule has 0 aliphatic carbocycles. The maximum atomic E-state index is 12.2. The first-order chi connectivity index (χ1) is 12.6. The van der Waals surface area contributed by atoms with Crippen LogP contribution in [0.5, 0.6) is 0 Å². The highest BCUT2D eigenvalue weighted by atomic mass is 32.2. The molecule has 1 unspecified atom stereocenters. The van der Waals surface area contributed by atoms with E-state index in [4.69, 9.17) is 9.84 Å². The van der Waals surface area contributed by atoms with Crippen LogP contribution in [0.15, 0.2) is 24.3 Å². The topological polar surface area (TPSA) is 120 Å². The monoisotopic (exact) mass is 415 g/mol. The number of benzene rings is 1. The molecule has 1 atom stereocenters.